The predicted octanol–water partition coefficient (Wildman–Crippen LogP) is 3.74. The monoisotopic (exact) mass is 269 g/mol. The minimum Gasteiger partial charge on any atom is -0.348 e. The van der Waals surface area contributed by atoms with Crippen LogP contribution in [0.15, 0.2) is 0 Å². The van der Waals surface area contributed by atoms with Crippen molar-refractivity contribution in [3.8, 4) is 0 Å². The van der Waals surface area contributed by atoms with Crippen LogP contribution in [0.3, 0.4) is 0 Å². The summed E-state index contributed by atoms with van der Waals surface area (Å²) in [6.45, 7) is 9.52. The SMILES string of the molecule is CCCC(C)N(C)c1nc(C(C)CC)c(CN)s1. The van der Waals surface area contributed by atoms with E-state index in [9.17, 15) is 0 Å². The van der Waals surface area contributed by atoms with Gasteiger partial charge in [-0.15, -0.1) is 11.3 Å². The molecule has 0 fully saturated rings. The van der Waals surface area contributed by atoms with Gasteiger partial charge in [0.1, 0.15) is 0 Å². The van der Waals surface area contributed by atoms with Crippen molar-refractivity contribution in [2.75, 3.05) is 11.9 Å². The van der Waals surface area contributed by atoms with E-state index in [-0.39, 0.29) is 0 Å². The van der Waals surface area contributed by atoms with Crippen molar-refractivity contribution in [2.45, 2.75) is 65.5 Å². The number of nitrogens with two attached hydrogens (primary N) is 1. The summed E-state index contributed by atoms with van der Waals surface area (Å²) in [6, 6.07) is 0.538. The van der Waals surface area contributed by atoms with Crippen LogP contribution in [0.1, 0.15) is 63.4 Å². The largest absolute Gasteiger partial charge is 0.348 e. The Morgan fingerprint density at radius 3 is 2.50 bits per heavy atom. The van der Waals surface area contributed by atoms with Crippen molar-refractivity contribution in [2.24, 2.45) is 5.73 Å². The van der Waals surface area contributed by atoms with Gasteiger partial charge in [0.25, 0.3) is 0 Å². The summed E-state index contributed by atoms with van der Waals surface area (Å²) in [6.07, 6.45) is 3.52. The van der Waals surface area contributed by atoms with Gasteiger partial charge in [-0.2, -0.15) is 0 Å². The van der Waals surface area contributed by atoms with Gasteiger partial charge in [0.15, 0.2) is 5.13 Å². The maximum atomic E-state index is 5.84. The highest BCUT2D eigenvalue weighted by Gasteiger charge is 2.19. The van der Waals surface area contributed by atoms with Crippen molar-refractivity contribution >= 4 is 16.5 Å². The molecule has 0 saturated carbocycles. The minimum absolute atomic E-state index is 0.503. The Morgan fingerprint density at radius 2 is 2.00 bits per heavy atom. The van der Waals surface area contributed by atoms with Crippen LogP contribution in [0.2, 0.25) is 0 Å². The summed E-state index contributed by atoms with van der Waals surface area (Å²) in [4.78, 5) is 8.36. The van der Waals surface area contributed by atoms with E-state index in [1.165, 1.54) is 23.4 Å². The van der Waals surface area contributed by atoms with E-state index in [1.54, 1.807) is 11.3 Å². The Kier molecular flexibility index (Phi) is 6.09. The zero-order valence-corrected chi connectivity index (χ0v) is 13.2. The van der Waals surface area contributed by atoms with Crippen LogP contribution < -0.4 is 10.6 Å². The van der Waals surface area contributed by atoms with Crippen LogP contribution in [0.4, 0.5) is 5.13 Å². The molecule has 3 nitrogen and oxygen atoms in total. The Bertz CT molecular complexity index is 362. The lowest BCUT2D eigenvalue weighted by atomic mass is 10.0. The standard InChI is InChI=1S/C14H27N3S/c1-6-8-11(4)17(5)14-16-13(10(3)7-2)12(9-15)18-14/h10-11H,6-9,15H2,1-5H3. The summed E-state index contributed by atoms with van der Waals surface area (Å²) in [5, 5.41) is 1.12. The maximum Gasteiger partial charge on any atom is 0.185 e. The zero-order chi connectivity index (χ0) is 13.7. The first kappa shape index (κ1) is 15.4. The number of rotatable bonds is 7. The van der Waals surface area contributed by atoms with E-state index in [4.69, 9.17) is 10.7 Å². The Labute approximate surface area is 115 Å². The first-order valence-electron chi connectivity index (χ1n) is 6.97. The highest BCUT2D eigenvalue weighted by molar-refractivity contribution is 7.15. The molecule has 0 aliphatic rings. The van der Waals surface area contributed by atoms with E-state index < -0.39 is 0 Å². The topological polar surface area (TPSA) is 42.2 Å². The lowest BCUT2D eigenvalue weighted by Gasteiger charge is -2.23. The lowest BCUT2D eigenvalue weighted by molar-refractivity contribution is 0.612. The summed E-state index contributed by atoms with van der Waals surface area (Å²) in [5.74, 6) is 0.503. The van der Waals surface area contributed by atoms with Gasteiger partial charge < -0.3 is 10.6 Å². The maximum absolute atomic E-state index is 5.84. The van der Waals surface area contributed by atoms with Gasteiger partial charge in [0.2, 0.25) is 0 Å². The van der Waals surface area contributed by atoms with Crippen molar-refractivity contribution in [1.29, 1.82) is 0 Å². The molecule has 18 heavy (non-hydrogen) atoms. The molecular weight excluding hydrogens is 242 g/mol. The number of aromatic nitrogens is 1. The van der Waals surface area contributed by atoms with Gasteiger partial charge in [-0.1, -0.05) is 27.2 Å². The van der Waals surface area contributed by atoms with Crippen LogP contribution in [-0.2, 0) is 6.54 Å². The molecule has 0 aromatic carbocycles. The fraction of sp³-hybridized carbons (Fsp3) is 0.786. The second-order valence-corrected chi connectivity index (χ2v) is 6.13. The Hall–Kier alpha value is -0.610. The van der Waals surface area contributed by atoms with E-state index in [1.807, 2.05) is 0 Å². The summed E-state index contributed by atoms with van der Waals surface area (Å²) in [5.41, 5.74) is 7.05. The third-order valence-electron chi connectivity index (χ3n) is 3.65. The summed E-state index contributed by atoms with van der Waals surface area (Å²) in [7, 11) is 2.14. The molecule has 1 aromatic heterocycles. The molecule has 1 aromatic rings. The zero-order valence-electron chi connectivity index (χ0n) is 12.4. The molecule has 2 unspecified atom stereocenters. The van der Waals surface area contributed by atoms with Gasteiger partial charge in [-0.25, -0.2) is 4.98 Å². The molecule has 104 valence electrons. The molecule has 0 saturated heterocycles. The normalized spacial score (nSPS) is 14.6. The van der Waals surface area contributed by atoms with Crippen molar-refractivity contribution in [3.05, 3.63) is 10.6 Å². The summed E-state index contributed by atoms with van der Waals surface area (Å²) >= 11 is 1.76. The quantitative estimate of drug-likeness (QED) is 0.820. The van der Waals surface area contributed by atoms with Crippen LogP contribution >= 0.6 is 11.3 Å². The van der Waals surface area contributed by atoms with Gasteiger partial charge in [-0.05, 0) is 25.7 Å². The molecule has 0 radical (unpaired) electrons. The predicted molar refractivity (Wildman–Crippen MR) is 81.5 cm³/mol. The number of anilines is 1. The molecule has 0 spiro atoms. The van der Waals surface area contributed by atoms with E-state index in [0.717, 1.165) is 11.6 Å². The molecule has 0 bridgehead atoms. The highest BCUT2D eigenvalue weighted by atomic mass is 32.1. The molecule has 4 heteroatoms. The Balaban J connectivity index is 2.93. The number of thiazole rings is 1. The highest BCUT2D eigenvalue weighted by Crippen LogP contribution is 2.32. The Morgan fingerprint density at radius 1 is 1.33 bits per heavy atom. The lowest BCUT2D eigenvalue weighted by Crippen LogP contribution is -2.28. The number of hydrogen-bond donors (Lipinski definition) is 1. The molecule has 0 aliphatic heterocycles. The molecular formula is C14H27N3S. The fourth-order valence-corrected chi connectivity index (χ4v) is 3.15. The molecule has 1 rings (SSSR count). The van der Waals surface area contributed by atoms with Crippen LogP contribution in [0.25, 0.3) is 0 Å². The molecule has 2 atom stereocenters. The molecule has 1 heterocycles. The first-order chi connectivity index (χ1) is 8.54. The van der Waals surface area contributed by atoms with Crippen molar-refractivity contribution in [3.63, 3.8) is 0 Å². The van der Waals surface area contributed by atoms with Crippen molar-refractivity contribution < 1.29 is 0 Å². The molecule has 0 aliphatic carbocycles. The van der Waals surface area contributed by atoms with Crippen molar-refractivity contribution in [1.82, 2.24) is 4.98 Å². The third-order valence-corrected chi connectivity index (χ3v) is 4.83. The van der Waals surface area contributed by atoms with Crippen LogP contribution in [0, 0.1) is 0 Å². The van der Waals surface area contributed by atoms with Gasteiger partial charge >= 0.3 is 0 Å². The molecule has 2 N–H and O–H groups in total. The number of hydrogen-bond acceptors (Lipinski definition) is 4. The smallest absolute Gasteiger partial charge is 0.185 e. The van der Waals surface area contributed by atoms with E-state index in [0.29, 0.717) is 18.5 Å². The minimum atomic E-state index is 0.503. The van der Waals surface area contributed by atoms with Crippen LogP contribution in [0.5, 0.6) is 0 Å². The van der Waals surface area contributed by atoms with Crippen LogP contribution in [-0.4, -0.2) is 18.1 Å². The van der Waals surface area contributed by atoms with Gasteiger partial charge in [0.05, 0.1) is 5.69 Å². The van der Waals surface area contributed by atoms with E-state index >= 15 is 0 Å². The first-order valence-corrected chi connectivity index (χ1v) is 7.79. The number of nitrogens with zero attached hydrogens (tertiary/aromatic N) is 2. The van der Waals surface area contributed by atoms with Gasteiger partial charge in [-0.3, -0.25) is 0 Å². The van der Waals surface area contributed by atoms with E-state index in [2.05, 4.69) is 39.6 Å². The average Bonchev–Trinajstić information content (AvgIpc) is 2.81. The van der Waals surface area contributed by atoms with Gasteiger partial charge in [0, 0.05) is 24.5 Å². The average molecular weight is 269 g/mol. The second-order valence-electron chi connectivity index (χ2n) is 5.07. The third kappa shape index (κ3) is 3.45. The second kappa shape index (κ2) is 7.10. The fourth-order valence-electron chi connectivity index (χ4n) is 2.03. The summed E-state index contributed by atoms with van der Waals surface area (Å²) < 4.78 is 0. The molecule has 0 amide bonds.